The van der Waals surface area contributed by atoms with Crippen molar-refractivity contribution in [2.24, 2.45) is 0 Å². The van der Waals surface area contributed by atoms with Gasteiger partial charge in [-0.05, 0) is 24.1 Å². The summed E-state index contributed by atoms with van der Waals surface area (Å²) in [5.74, 6) is -0.738. The molecular weight excluding hydrogens is 358 g/mol. The third-order valence-electron chi connectivity index (χ3n) is 3.75. The van der Waals surface area contributed by atoms with Crippen molar-refractivity contribution in [3.05, 3.63) is 47.2 Å². The molecule has 0 atom stereocenters. The first-order valence-electron chi connectivity index (χ1n) is 7.83. The van der Waals surface area contributed by atoms with Crippen LogP contribution in [0.3, 0.4) is 0 Å². The van der Waals surface area contributed by atoms with E-state index in [0.717, 1.165) is 5.56 Å². The van der Waals surface area contributed by atoms with Gasteiger partial charge >= 0.3 is 11.8 Å². The first-order valence-corrected chi connectivity index (χ1v) is 8.21. The number of nitrogens with zero attached hydrogens (tertiary/aromatic N) is 2. The molecule has 0 saturated carbocycles. The molecule has 138 valence electrons. The van der Waals surface area contributed by atoms with Gasteiger partial charge in [-0.1, -0.05) is 11.6 Å². The number of rotatable bonds is 6. The van der Waals surface area contributed by atoms with Crippen LogP contribution in [0.25, 0.3) is 0 Å². The number of ether oxygens (including phenoxy) is 2. The van der Waals surface area contributed by atoms with E-state index in [1.165, 1.54) is 31.3 Å². The molecule has 2 amide bonds. The van der Waals surface area contributed by atoms with Crippen LogP contribution in [0.1, 0.15) is 5.56 Å². The molecule has 0 saturated heterocycles. The normalized spacial score (nSPS) is 10.2. The molecule has 2 aromatic rings. The molecular formula is C18H20ClN3O4. The van der Waals surface area contributed by atoms with Crippen LogP contribution in [-0.4, -0.2) is 49.5 Å². The minimum Gasteiger partial charge on any atom is -0.495 e. The summed E-state index contributed by atoms with van der Waals surface area (Å²) in [5, 5.41) is 2.87. The fraction of sp³-hybridized carbons (Fsp3) is 0.278. The summed E-state index contributed by atoms with van der Waals surface area (Å²) in [6, 6.07) is 6.74. The van der Waals surface area contributed by atoms with Crippen molar-refractivity contribution in [3.63, 3.8) is 0 Å². The second-order valence-electron chi connectivity index (χ2n) is 5.47. The summed E-state index contributed by atoms with van der Waals surface area (Å²) in [7, 11) is 4.47. The molecule has 0 unspecified atom stereocenters. The number of amides is 2. The van der Waals surface area contributed by atoms with Crippen LogP contribution in [0.15, 0.2) is 36.7 Å². The number of halogens is 1. The van der Waals surface area contributed by atoms with Crippen LogP contribution in [0.4, 0.5) is 5.69 Å². The molecule has 0 aliphatic heterocycles. The number of carbonyl (C=O) groups excluding carboxylic acids is 2. The lowest BCUT2D eigenvalue weighted by Crippen LogP contribution is -2.38. The summed E-state index contributed by atoms with van der Waals surface area (Å²) in [6.45, 7) is 0.400. The third-order valence-corrected chi connectivity index (χ3v) is 4.04. The zero-order valence-electron chi connectivity index (χ0n) is 14.8. The summed E-state index contributed by atoms with van der Waals surface area (Å²) in [5.41, 5.74) is 1.33. The predicted octanol–water partition coefficient (Wildman–Crippen LogP) is 2.39. The van der Waals surface area contributed by atoms with E-state index in [2.05, 4.69) is 10.3 Å². The maximum absolute atomic E-state index is 12.3. The topological polar surface area (TPSA) is 80.8 Å². The summed E-state index contributed by atoms with van der Waals surface area (Å²) in [4.78, 5) is 29.9. The predicted molar refractivity (Wildman–Crippen MR) is 98.8 cm³/mol. The van der Waals surface area contributed by atoms with Gasteiger partial charge in [0.2, 0.25) is 0 Å². The van der Waals surface area contributed by atoms with Gasteiger partial charge in [0.25, 0.3) is 0 Å². The Balaban J connectivity index is 2.03. The number of hydrogen-bond acceptors (Lipinski definition) is 5. The number of methoxy groups -OCH3 is 2. The van der Waals surface area contributed by atoms with Crippen LogP contribution < -0.4 is 14.8 Å². The van der Waals surface area contributed by atoms with Gasteiger partial charge in [0.15, 0.2) is 0 Å². The first kappa shape index (κ1) is 19.5. The Morgan fingerprint density at radius 2 is 1.81 bits per heavy atom. The highest BCUT2D eigenvalue weighted by Gasteiger charge is 2.21. The molecule has 0 aliphatic rings. The molecule has 0 fully saturated rings. The van der Waals surface area contributed by atoms with E-state index in [0.29, 0.717) is 35.2 Å². The summed E-state index contributed by atoms with van der Waals surface area (Å²) in [6.07, 6.45) is 3.99. The van der Waals surface area contributed by atoms with E-state index in [9.17, 15) is 9.59 Å². The standard InChI is InChI=1S/C18H20ClN3O4/c1-22(9-6-12-4-7-20-8-5-12)18(24)17(23)21-14-11-15(25-2)13(19)10-16(14)26-3/h4-5,7-8,10-11H,6,9H2,1-3H3,(H,21,23). The number of pyridine rings is 1. The minimum absolute atomic E-state index is 0.301. The molecule has 1 N–H and O–H groups in total. The average Bonchev–Trinajstić information content (AvgIpc) is 2.67. The highest BCUT2D eigenvalue weighted by molar-refractivity contribution is 6.39. The van der Waals surface area contributed by atoms with Crippen molar-refractivity contribution in [1.29, 1.82) is 0 Å². The van der Waals surface area contributed by atoms with Gasteiger partial charge in [-0.2, -0.15) is 0 Å². The monoisotopic (exact) mass is 377 g/mol. The number of benzene rings is 1. The maximum Gasteiger partial charge on any atom is 0.313 e. The Labute approximate surface area is 156 Å². The Morgan fingerprint density at radius 3 is 2.42 bits per heavy atom. The lowest BCUT2D eigenvalue weighted by molar-refractivity contribution is -0.142. The Hall–Kier alpha value is -2.80. The van der Waals surface area contributed by atoms with Crippen LogP contribution >= 0.6 is 11.6 Å². The van der Waals surface area contributed by atoms with E-state index in [4.69, 9.17) is 21.1 Å². The number of anilines is 1. The Kier molecular flexibility index (Phi) is 6.80. The second-order valence-corrected chi connectivity index (χ2v) is 5.88. The van der Waals surface area contributed by atoms with E-state index < -0.39 is 11.8 Å². The van der Waals surface area contributed by atoms with Crippen molar-refractivity contribution in [2.75, 3.05) is 33.1 Å². The lowest BCUT2D eigenvalue weighted by atomic mass is 10.2. The van der Waals surface area contributed by atoms with Gasteiger partial charge in [-0.15, -0.1) is 0 Å². The zero-order valence-corrected chi connectivity index (χ0v) is 15.5. The molecule has 1 heterocycles. The van der Waals surface area contributed by atoms with Crippen molar-refractivity contribution in [3.8, 4) is 11.5 Å². The Morgan fingerprint density at radius 1 is 1.15 bits per heavy atom. The average molecular weight is 378 g/mol. The van der Waals surface area contributed by atoms with Gasteiger partial charge in [-0.3, -0.25) is 14.6 Å². The first-order chi connectivity index (χ1) is 12.5. The summed E-state index contributed by atoms with van der Waals surface area (Å²) < 4.78 is 10.3. The molecule has 1 aromatic heterocycles. The van der Waals surface area contributed by atoms with E-state index in [-0.39, 0.29) is 0 Å². The largest absolute Gasteiger partial charge is 0.495 e. The van der Waals surface area contributed by atoms with Crippen molar-refractivity contribution >= 4 is 29.1 Å². The molecule has 8 heteroatoms. The summed E-state index contributed by atoms with van der Waals surface area (Å²) >= 11 is 6.03. The van der Waals surface area contributed by atoms with Gasteiger partial charge in [-0.25, -0.2) is 0 Å². The molecule has 2 rings (SSSR count). The maximum atomic E-state index is 12.3. The van der Waals surface area contributed by atoms with Crippen LogP contribution in [0, 0.1) is 0 Å². The SMILES string of the molecule is COc1cc(NC(=O)C(=O)N(C)CCc2ccncc2)c(OC)cc1Cl. The number of nitrogens with one attached hydrogen (secondary N) is 1. The fourth-order valence-corrected chi connectivity index (χ4v) is 2.49. The van der Waals surface area contributed by atoms with E-state index in [1.807, 2.05) is 12.1 Å². The number of likely N-dealkylation sites (N-methyl/N-ethyl adjacent to an activating group) is 1. The Bertz CT molecular complexity index is 784. The van der Waals surface area contributed by atoms with Crippen LogP contribution in [0.2, 0.25) is 5.02 Å². The van der Waals surface area contributed by atoms with Gasteiger partial charge in [0.1, 0.15) is 11.5 Å². The second kappa shape index (κ2) is 9.05. The van der Waals surface area contributed by atoms with Gasteiger partial charge in [0.05, 0.1) is 24.9 Å². The van der Waals surface area contributed by atoms with Crippen LogP contribution in [-0.2, 0) is 16.0 Å². The van der Waals surface area contributed by atoms with Crippen molar-refractivity contribution in [1.82, 2.24) is 9.88 Å². The molecule has 7 nitrogen and oxygen atoms in total. The van der Waals surface area contributed by atoms with Crippen molar-refractivity contribution < 1.29 is 19.1 Å². The molecule has 0 bridgehead atoms. The van der Waals surface area contributed by atoms with Crippen molar-refractivity contribution in [2.45, 2.75) is 6.42 Å². The van der Waals surface area contributed by atoms with Gasteiger partial charge < -0.3 is 19.7 Å². The number of carbonyl (C=O) groups is 2. The highest BCUT2D eigenvalue weighted by Crippen LogP contribution is 2.35. The minimum atomic E-state index is -0.773. The van der Waals surface area contributed by atoms with Gasteiger partial charge in [0, 0.05) is 38.1 Å². The smallest absolute Gasteiger partial charge is 0.313 e. The lowest BCUT2D eigenvalue weighted by Gasteiger charge is -2.18. The number of hydrogen-bond donors (Lipinski definition) is 1. The fourth-order valence-electron chi connectivity index (χ4n) is 2.26. The number of aromatic nitrogens is 1. The highest BCUT2D eigenvalue weighted by atomic mass is 35.5. The quantitative estimate of drug-likeness (QED) is 0.782. The van der Waals surface area contributed by atoms with E-state index in [1.54, 1.807) is 19.4 Å². The molecule has 1 aromatic carbocycles. The van der Waals surface area contributed by atoms with Crippen LogP contribution in [0.5, 0.6) is 11.5 Å². The van der Waals surface area contributed by atoms with E-state index >= 15 is 0 Å². The zero-order chi connectivity index (χ0) is 19.1. The third kappa shape index (κ3) is 4.86. The molecule has 26 heavy (non-hydrogen) atoms. The molecule has 0 spiro atoms. The molecule has 0 aliphatic carbocycles. The molecule has 0 radical (unpaired) electrons.